The van der Waals surface area contributed by atoms with E-state index in [2.05, 4.69) is 23.8 Å². The van der Waals surface area contributed by atoms with Gasteiger partial charge in [-0.25, -0.2) is 0 Å². The summed E-state index contributed by atoms with van der Waals surface area (Å²) in [5, 5.41) is 6.10. The van der Waals surface area contributed by atoms with E-state index in [4.69, 9.17) is 4.74 Å². The Labute approximate surface area is 119 Å². The molecule has 1 unspecified atom stereocenters. The first-order valence-electron chi connectivity index (χ1n) is 6.35. The van der Waals surface area contributed by atoms with Crippen molar-refractivity contribution in [3.63, 3.8) is 0 Å². The van der Waals surface area contributed by atoms with Gasteiger partial charge >= 0.3 is 0 Å². The molecule has 1 aromatic rings. The summed E-state index contributed by atoms with van der Waals surface area (Å²) in [6.45, 7) is 2.45. The second kappa shape index (κ2) is 8.82. The molecule has 1 rings (SSSR count). The van der Waals surface area contributed by atoms with Gasteiger partial charge in [0.2, 0.25) is 5.91 Å². The molecule has 0 fully saturated rings. The molecule has 2 N–H and O–H groups in total. The number of rotatable bonds is 8. The molecule has 0 aliphatic rings. The Morgan fingerprint density at radius 1 is 1.47 bits per heavy atom. The average Bonchev–Trinajstić information content (AvgIpc) is 2.43. The quantitative estimate of drug-likeness (QED) is 0.768. The normalized spacial score (nSPS) is 11.9. The van der Waals surface area contributed by atoms with Gasteiger partial charge in [-0.3, -0.25) is 4.79 Å². The van der Waals surface area contributed by atoms with Crippen LogP contribution >= 0.6 is 11.8 Å². The Bertz CT molecular complexity index is 399. The maximum atomic E-state index is 11.8. The largest absolute Gasteiger partial charge is 0.497 e. The standard InChI is InChI=1S/C14H22N2O2S/c1-4-11(10-19-3)15-9-14(17)16-12-6-5-7-13(8-12)18-2/h5-8,11,15H,4,9-10H2,1-3H3,(H,16,17). The van der Waals surface area contributed by atoms with Crippen LogP contribution in [0, 0.1) is 0 Å². The zero-order valence-corrected chi connectivity index (χ0v) is 12.5. The van der Waals surface area contributed by atoms with Crippen LogP contribution in [-0.2, 0) is 4.79 Å². The van der Waals surface area contributed by atoms with Crippen LogP contribution in [0.15, 0.2) is 24.3 Å². The van der Waals surface area contributed by atoms with E-state index in [9.17, 15) is 4.79 Å². The monoisotopic (exact) mass is 282 g/mol. The molecule has 1 aromatic carbocycles. The minimum Gasteiger partial charge on any atom is -0.497 e. The van der Waals surface area contributed by atoms with E-state index in [1.54, 1.807) is 24.9 Å². The Kier molecular flexibility index (Phi) is 7.36. The van der Waals surface area contributed by atoms with Crippen molar-refractivity contribution in [1.82, 2.24) is 5.32 Å². The molecule has 5 heteroatoms. The second-order valence-electron chi connectivity index (χ2n) is 4.22. The number of amides is 1. The number of nitrogens with one attached hydrogen (secondary N) is 2. The van der Waals surface area contributed by atoms with Gasteiger partial charge in [0.25, 0.3) is 0 Å². The Hall–Kier alpha value is -1.20. The molecule has 4 nitrogen and oxygen atoms in total. The van der Waals surface area contributed by atoms with Gasteiger partial charge in [-0.05, 0) is 24.8 Å². The van der Waals surface area contributed by atoms with Crippen molar-refractivity contribution in [3.05, 3.63) is 24.3 Å². The minimum atomic E-state index is -0.0344. The highest BCUT2D eigenvalue weighted by atomic mass is 32.2. The maximum Gasteiger partial charge on any atom is 0.238 e. The predicted octanol–water partition coefficient (Wildman–Crippen LogP) is 2.36. The third-order valence-electron chi connectivity index (χ3n) is 2.77. The second-order valence-corrected chi connectivity index (χ2v) is 5.13. The molecule has 106 valence electrons. The van der Waals surface area contributed by atoms with Gasteiger partial charge in [-0.2, -0.15) is 11.8 Å². The van der Waals surface area contributed by atoms with E-state index in [-0.39, 0.29) is 5.91 Å². The van der Waals surface area contributed by atoms with E-state index in [1.807, 2.05) is 18.2 Å². The summed E-state index contributed by atoms with van der Waals surface area (Å²) in [5.74, 6) is 1.72. The zero-order valence-electron chi connectivity index (χ0n) is 11.7. The van der Waals surface area contributed by atoms with Crippen molar-refractivity contribution >= 4 is 23.4 Å². The first kappa shape index (κ1) is 15.9. The number of benzene rings is 1. The molecule has 0 radical (unpaired) electrons. The molecule has 0 aromatic heterocycles. The number of hydrogen-bond acceptors (Lipinski definition) is 4. The molecule has 0 heterocycles. The summed E-state index contributed by atoms with van der Waals surface area (Å²) in [4.78, 5) is 11.8. The van der Waals surface area contributed by atoms with Crippen molar-refractivity contribution < 1.29 is 9.53 Å². The fourth-order valence-electron chi connectivity index (χ4n) is 1.67. The number of methoxy groups -OCH3 is 1. The van der Waals surface area contributed by atoms with Crippen LogP contribution in [0.25, 0.3) is 0 Å². The molecule has 1 amide bonds. The first-order chi connectivity index (χ1) is 9.19. The molecule has 0 aliphatic heterocycles. The first-order valence-corrected chi connectivity index (χ1v) is 7.75. The van der Waals surface area contributed by atoms with E-state index in [1.165, 1.54) is 0 Å². The van der Waals surface area contributed by atoms with Gasteiger partial charge in [-0.15, -0.1) is 0 Å². The molecule has 1 atom stereocenters. The molecule has 19 heavy (non-hydrogen) atoms. The van der Waals surface area contributed by atoms with Gasteiger partial charge in [0.15, 0.2) is 0 Å². The third kappa shape index (κ3) is 5.98. The van der Waals surface area contributed by atoms with E-state index >= 15 is 0 Å². The van der Waals surface area contributed by atoms with Crippen LogP contribution in [0.1, 0.15) is 13.3 Å². The molecule has 0 saturated heterocycles. The van der Waals surface area contributed by atoms with Crippen molar-refractivity contribution in [3.8, 4) is 5.75 Å². The van der Waals surface area contributed by atoms with Crippen molar-refractivity contribution in [2.75, 3.05) is 31.0 Å². The van der Waals surface area contributed by atoms with Gasteiger partial charge in [0, 0.05) is 23.5 Å². The summed E-state index contributed by atoms with van der Waals surface area (Å²) in [5.41, 5.74) is 0.754. The lowest BCUT2D eigenvalue weighted by molar-refractivity contribution is -0.115. The number of ether oxygens (including phenoxy) is 1. The highest BCUT2D eigenvalue weighted by Gasteiger charge is 2.08. The minimum absolute atomic E-state index is 0.0344. The predicted molar refractivity (Wildman–Crippen MR) is 82.1 cm³/mol. The van der Waals surface area contributed by atoms with Crippen LogP contribution in [0.5, 0.6) is 5.75 Å². The topological polar surface area (TPSA) is 50.4 Å². The fourth-order valence-corrected chi connectivity index (χ4v) is 2.42. The zero-order chi connectivity index (χ0) is 14.1. The number of carbonyl (C=O) groups is 1. The highest BCUT2D eigenvalue weighted by Crippen LogP contribution is 2.16. The molecule has 0 saturated carbocycles. The van der Waals surface area contributed by atoms with Gasteiger partial charge in [0.1, 0.15) is 5.75 Å². The van der Waals surface area contributed by atoms with Crippen LogP contribution in [-0.4, -0.2) is 37.6 Å². The average molecular weight is 282 g/mol. The van der Waals surface area contributed by atoms with E-state index < -0.39 is 0 Å². The van der Waals surface area contributed by atoms with Gasteiger partial charge in [-0.1, -0.05) is 13.0 Å². The SMILES string of the molecule is CCC(CSC)NCC(=O)Nc1cccc(OC)c1. The molecule has 0 aliphatic carbocycles. The lowest BCUT2D eigenvalue weighted by Gasteiger charge is -2.15. The lowest BCUT2D eigenvalue weighted by atomic mass is 10.2. The summed E-state index contributed by atoms with van der Waals surface area (Å²) >= 11 is 1.78. The Balaban J connectivity index is 2.41. The third-order valence-corrected chi connectivity index (χ3v) is 3.50. The van der Waals surface area contributed by atoms with Crippen LogP contribution < -0.4 is 15.4 Å². The summed E-state index contributed by atoms with van der Waals surface area (Å²) < 4.78 is 5.11. The fraction of sp³-hybridized carbons (Fsp3) is 0.500. The van der Waals surface area contributed by atoms with Crippen molar-refractivity contribution in [2.24, 2.45) is 0 Å². The molecular weight excluding hydrogens is 260 g/mol. The summed E-state index contributed by atoms with van der Waals surface area (Å²) in [6, 6.07) is 7.73. The van der Waals surface area contributed by atoms with Gasteiger partial charge in [0.05, 0.1) is 13.7 Å². The van der Waals surface area contributed by atoms with E-state index in [0.29, 0.717) is 12.6 Å². The smallest absolute Gasteiger partial charge is 0.238 e. The molecular formula is C14H22N2O2S. The number of hydrogen-bond donors (Lipinski definition) is 2. The highest BCUT2D eigenvalue weighted by molar-refractivity contribution is 7.98. The Morgan fingerprint density at radius 3 is 2.89 bits per heavy atom. The van der Waals surface area contributed by atoms with Gasteiger partial charge < -0.3 is 15.4 Å². The van der Waals surface area contributed by atoms with E-state index in [0.717, 1.165) is 23.6 Å². The number of carbonyl (C=O) groups excluding carboxylic acids is 1. The van der Waals surface area contributed by atoms with Crippen LogP contribution in [0.4, 0.5) is 5.69 Å². The molecule has 0 bridgehead atoms. The summed E-state index contributed by atoms with van der Waals surface area (Å²) in [7, 11) is 1.61. The van der Waals surface area contributed by atoms with Crippen LogP contribution in [0.3, 0.4) is 0 Å². The van der Waals surface area contributed by atoms with Crippen molar-refractivity contribution in [2.45, 2.75) is 19.4 Å². The Morgan fingerprint density at radius 2 is 2.26 bits per heavy atom. The van der Waals surface area contributed by atoms with Crippen LogP contribution in [0.2, 0.25) is 0 Å². The maximum absolute atomic E-state index is 11.8. The molecule has 0 spiro atoms. The van der Waals surface area contributed by atoms with Crippen molar-refractivity contribution in [1.29, 1.82) is 0 Å². The number of thioether (sulfide) groups is 1. The number of anilines is 1. The summed E-state index contributed by atoms with van der Waals surface area (Å²) in [6.07, 6.45) is 3.09. The lowest BCUT2D eigenvalue weighted by Crippen LogP contribution is -2.37.